The molecule has 8 nitrogen and oxygen atoms in total. The highest BCUT2D eigenvalue weighted by Crippen LogP contribution is 2.33. The van der Waals surface area contributed by atoms with Crippen LogP contribution in [0.5, 0.6) is 23.0 Å². The maximum absolute atomic E-state index is 10.4. The Morgan fingerprint density at radius 3 is 1.39 bits per heavy atom. The molecule has 122 valence electrons. The maximum Gasteiger partial charge on any atom is 0.335 e. The molecule has 0 aliphatic carbocycles. The number of phenols is 4. The molecule has 2 aromatic carbocycles. The van der Waals surface area contributed by atoms with Crippen molar-refractivity contribution < 1.29 is 40.2 Å². The van der Waals surface area contributed by atoms with Crippen molar-refractivity contribution in [3.8, 4) is 23.0 Å². The van der Waals surface area contributed by atoms with Crippen LogP contribution in [0.2, 0.25) is 0 Å². The van der Waals surface area contributed by atoms with E-state index in [0.29, 0.717) is 0 Å². The van der Waals surface area contributed by atoms with Gasteiger partial charge in [-0.3, -0.25) is 0 Å². The summed E-state index contributed by atoms with van der Waals surface area (Å²) in [4.78, 5) is 20.7. The average molecular weight is 387 g/mol. The minimum absolute atomic E-state index is 0.0903. The molecule has 2 aromatic rings. The maximum atomic E-state index is 10.4. The molecule has 6 N–H and O–H groups in total. The van der Waals surface area contributed by atoms with E-state index in [-0.39, 0.29) is 38.6 Å². The lowest BCUT2D eigenvalue weighted by Crippen LogP contribution is -1.95. The third-order valence-corrected chi connectivity index (χ3v) is 3.24. The third kappa shape index (κ3) is 5.08. The van der Waals surface area contributed by atoms with Gasteiger partial charge in [0.1, 0.15) is 27.5 Å². The summed E-state index contributed by atoms with van der Waals surface area (Å²) in [5.41, 5.74) is -0.296. The van der Waals surface area contributed by atoms with Crippen LogP contribution in [0.15, 0.2) is 34.8 Å². The van der Waals surface area contributed by atoms with Crippen molar-refractivity contribution in [2.24, 2.45) is 0 Å². The molecule has 0 bridgehead atoms. The monoisotopic (exact) mass is 386 g/mol. The zero-order valence-corrected chi connectivity index (χ0v) is 12.9. The number of halogens is 1. The van der Waals surface area contributed by atoms with E-state index in [0.717, 1.165) is 30.3 Å². The van der Waals surface area contributed by atoms with Gasteiger partial charge in [0, 0.05) is 6.07 Å². The second-order valence-corrected chi connectivity index (χ2v) is 4.97. The lowest BCUT2D eigenvalue weighted by Gasteiger charge is -2.01. The van der Waals surface area contributed by atoms with Crippen molar-refractivity contribution in [2.45, 2.75) is 0 Å². The van der Waals surface area contributed by atoms with Crippen LogP contribution in [0.3, 0.4) is 0 Å². The summed E-state index contributed by atoms with van der Waals surface area (Å²) in [6, 6.07) is 5.27. The number of phenolic OH excluding ortho intramolecular Hbond substituents is 4. The second-order valence-electron chi connectivity index (χ2n) is 4.18. The average Bonchev–Trinajstić information content (AvgIpc) is 2.43. The van der Waals surface area contributed by atoms with E-state index in [4.69, 9.17) is 30.6 Å². The van der Waals surface area contributed by atoms with Crippen LogP contribution in [-0.4, -0.2) is 42.6 Å². The molecule has 0 radical (unpaired) electrons. The van der Waals surface area contributed by atoms with Crippen molar-refractivity contribution in [2.75, 3.05) is 0 Å². The Morgan fingerprint density at radius 1 is 0.696 bits per heavy atom. The molecule has 0 spiro atoms. The van der Waals surface area contributed by atoms with Crippen LogP contribution in [0.25, 0.3) is 0 Å². The van der Waals surface area contributed by atoms with Gasteiger partial charge in [-0.05, 0) is 40.2 Å². The van der Waals surface area contributed by atoms with Crippen molar-refractivity contribution in [3.63, 3.8) is 0 Å². The molecule has 0 aromatic heterocycles. The van der Waals surface area contributed by atoms with E-state index < -0.39 is 11.9 Å². The van der Waals surface area contributed by atoms with E-state index in [1.54, 1.807) is 0 Å². The SMILES string of the molecule is O=C(O)c1cc(O)c(Br)c(O)c1.O=C(O)c1cc(O)cc(O)c1. The van der Waals surface area contributed by atoms with Gasteiger partial charge >= 0.3 is 11.9 Å². The summed E-state index contributed by atoms with van der Waals surface area (Å²) in [5, 5.41) is 52.7. The highest BCUT2D eigenvalue weighted by atomic mass is 79.9. The van der Waals surface area contributed by atoms with Gasteiger partial charge in [-0.25, -0.2) is 9.59 Å². The third-order valence-electron chi connectivity index (χ3n) is 2.43. The van der Waals surface area contributed by atoms with Crippen molar-refractivity contribution >= 4 is 27.9 Å². The quantitative estimate of drug-likeness (QED) is 0.459. The topological polar surface area (TPSA) is 156 Å². The van der Waals surface area contributed by atoms with Gasteiger partial charge < -0.3 is 30.6 Å². The number of carbonyl (C=O) groups is 2. The number of benzene rings is 2. The fraction of sp³-hybridized carbons (Fsp3) is 0. The molecule has 0 amide bonds. The standard InChI is InChI=1S/C7H5BrO4.C7H6O4/c8-6-4(9)1-3(7(11)12)2-5(6)10;8-5-1-4(7(10)11)2-6(9)3-5/h1-2,9-10H,(H,11,12);1-3,8-9H,(H,10,11). The van der Waals surface area contributed by atoms with Crippen LogP contribution in [0.4, 0.5) is 0 Å². The fourth-order valence-corrected chi connectivity index (χ4v) is 1.67. The molecule has 0 fully saturated rings. The summed E-state index contributed by atoms with van der Waals surface area (Å²) in [6.45, 7) is 0. The predicted octanol–water partition coefficient (Wildman–Crippen LogP) is 2.35. The lowest BCUT2D eigenvalue weighted by molar-refractivity contribution is 0.0685. The molecular weight excluding hydrogens is 376 g/mol. The minimum Gasteiger partial charge on any atom is -0.508 e. The first-order chi connectivity index (χ1) is 10.6. The summed E-state index contributed by atoms with van der Waals surface area (Å²) >= 11 is 2.87. The zero-order valence-electron chi connectivity index (χ0n) is 11.3. The fourth-order valence-electron chi connectivity index (χ4n) is 1.44. The number of hydrogen-bond donors (Lipinski definition) is 6. The Hall–Kier alpha value is -2.94. The van der Waals surface area contributed by atoms with Crippen LogP contribution in [0, 0.1) is 0 Å². The normalized spacial score (nSPS) is 9.61. The van der Waals surface area contributed by atoms with Crippen LogP contribution >= 0.6 is 15.9 Å². The molecule has 0 saturated heterocycles. The van der Waals surface area contributed by atoms with Crippen LogP contribution in [0.1, 0.15) is 20.7 Å². The molecule has 0 unspecified atom stereocenters. The van der Waals surface area contributed by atoms with E-state index in [1.165, 1.54) is 0 Å². The van der Waals surface area contributed by atoms with Gasteiger partial charge in [0.25, 0.3) is 0 Å². The molecule has 23 heavy (non-hydrogen) atoms. The van der Waals surface area contributed by atoms with Crippen LogP contribution < -0.4 is 0 Å². The molecule has 2 rings (SSSR count). The Balaban J connectivity index is 0.000000231. The highest BCUT2D eigenvalue weighted by Gasteiger charge is 2.10. The number of rotatable bonds is 2. The Labute approximate surface area is 137 Å². The Morgan fingerprint density at radius 2 is 1.04 bits per heavy atom. The number of aromatic carboxylic acids is 2. The van der Waals surface area contributed by atoms with Gasteiger partial charge in [-0.1, -0.05) is 0 Å². The molecular formula is C14H11BrO8. The largest absolute Gasteiger partial charge is 0.508 e. The summed E-state index contributed by atoms with van der Waals surface area (Å²) < 4.78 is 0.0903. The van der Waals surface area contributed by atoms with Crippen molar-refractivity contribution in [1.82, 2.24) is 0 Å². The highest BCUT2D eigenvalue weighted by molar-refractivity contribution is 9.10. The number of carboxylic acid groups (broad SMARTS) is 2. The van der Waals surface area contributed by atoms with Gasteiger partial charge in [-0.2, -0.15) is 0 Å². The van der Waals surface area contributed by atoms with Gasteiger partial charge in [0.05, 0.1) is 11.1 Å². The first kappa shape index (κ1) is 18.1. The summed E-state index contributed by atoms with van der Waals surface area (Å²) in [7, 11) is 0. The molecule has 0 heterocycles. The summed E-state index contributed by atoms with van der Waals surface area (Å²) in [5.74, 6) is -3.51. The lowest BCUT2D eigenvalue weighted by atomic mass is 10.2. The van der Waals surface area contributed by atoms with E-state index in [1.807, 2.05) is 0 Å². The molecule has 0 aliphatic heterocycles. The van der Waals surface area contributed by atoms with Gasteiger partial charge in [0.2, 0.25) is 0 Å². The first-order valence-corrected chi connectivity index (χ1v) is 6.62. The number of aromatic hydroxyl groups is 4. The molecule has 0 saturated carbocycles. The van der Waals surface area contributed by atoms with Gasteiger partial charge in [0.15, 0.2) is 0 Å². The summed E-state index contributed by atoms with van der Waals surface area (Å²) in [6.07, 6.45) is 0. The zero-order chi connectivity index (χ0) is 17.7. The van der Waals surface area contributed by atoms with Crippen molar-refractivity contribution in [1.29, 1.82) is 0 Å². The van der Waals surface area contributed by atoms with Crippen LogP contribution in [-0.2, 0) is 0 Å². The second kappa shape index (κ2) is 7.36. The Kier molecular flexibility index (Phi) is 5.80. The van der Waals surface area contributed by atoms with E-state index >= 15 is 0 Å². The minimum atomic E-state index is -1.20. The van der Waals surface area contributed by atoms with Gasteiger partial charge in [-0.15, -0.1) is 0 Å². The molecule has 9 heteroatoms. The van der Waals surface area contributed by atoms with E-state index in [9.17, 15) is 9.59 Å². The smallest absolute Gasteiger partial charge is 0.335 e. The number of hydrogen-bond acceptors (Lipinski definition) is 6. The van der Waals surface area contributed by atoms with E-state index in [2.05, 4.69) is 15.9 Å². The number of carboxylic acids is 2. The predicted molar refractivity (Wildman–Crippen MR) is 81.2 cm³/mol. The van der Waals surface area contributed by atoms with Crippen molar-refractivity contribution in [3.05, 3.63) is 45.9 Å². The molecule has 0 atom stereocenters. The molecule has 0 aliphatic rings. The Bertz CT molecular complexity index is 713. The first-order valence-electron chi connectivity index (χ1n) is 5.83.